The first-order valence-electron chi connectivity index (χ1n) is 8.96. The number of nitrogens with one attached hydrogen (secondary N) is 1. The van der Waals surface area contributed by atoms with E-state index in [1.54, 1.807) is 0 Å². The van der Waals surface area contributed by atoms with Gasteiger partial charge in [0.15, 0.2) is 0 Å². The predicted molar refractivity (Wildman–Crippen MR) is 88.9 cm³/mol. The molecule has 1 saturated carbocycles. The molecular formula is C16H30N2O4S. The maximum Gasteiger partial charge on any atom is 0.214 e. The normalized spacial score (nSPS) is 27.3. The van der Waals surface area contributed by atoms with Crippen molar-refractivity contribution >= 4 is 10.0 Å². The summed E-state index contributed by atoms with van der Waals surface area (Å²) in [6.45, 7) is 6.39. The summed E-state index contributed by atoms with van der Waals surface area (Å²) in [5.41, 5.74) is 0.00125. The van der Waals surface area contributed by atoms with E-state index in [1.807, 2.05) is 0 Å². The third kappa shape index (κ3) is 4.66. The molecule has 3 fully saturated rings. The molecule has 1 N–H and O–H groups in total. The van der Waals surface area contributed by atoms with Gasteiger partial charge in [-0.2, -0.15) is 0 Å². The molecule has 0 bridgehead atoms. The smallest absolute Gasteiger partial charge is 0.214 e. The maximum atomic E-state index is 12.5. The van der Waals surface area contributed by atoms with E-state index in [-0.39, 0.29) is 10.7 Å². The Morgan fingerprint density at radius 2 is 1.61 bits per heavy atom. The average Bonchev–Trinajstić information content (AvgIpc) is 3.11. The third-order valence-corrected chi connectivity index (χ3v) is 7.50. The molecule has 0 aromatic carbocycles. The molecule has 1 aliphatic carbocycles. The molecule has 134 valence electrons. The monoisotopic (exact) mass is 346 g/mol. The fourth-order valence-electron chi connectivity index (χ4n) is 4.00. The lowest BCUT2D eigenvalue weighted by Crippen LogP contribution is -2.51. The molecule has 3 rings (SSSR count). The van der Waals surface area contributed by atoms with Gasteiger partial charge in [-0.15, -0.1) is 0 Å². The van der Waals surface area contributed by atoms with E-state index in [9.17, 15) is 8.42 Å². The van der Waals surface area contributed by atoms with Crippen molar-refractivity contribution in [3.05, 3.63) is 0 Å². The highest BCUT2D eigenvalue weighted by Crippen LogP contribution is 2.32. The number of rotatable bonds is 6. The van der Waals surface area contributed by atoms with Gasteiger partial charge in [0, 0.05) is 44.8 Å². The Kier molecular flexibility index (Phi) is 5.96. The summed E-state index contributed by atoms with van der Waals surface area (Å²) in [5.74, 6) is 0. The number of hydrogen-bond donors (Lipinski definition) is 1. The molecule has 2 saturated heterocycles. The van der Waals surface area contributed by atoms with Crippen LogP contribution in [0.3, 0.4) is 0 Å². The van der Waals surface area contributed by atoms with Gasteiger partial charge in [-0.3, -0.25) is 4.90 Å². The highest BCUT2D eigenvalue weighted by molar-refractivity contribution is 7.90. The fraction of sp³-hybridized carbons (Fsp3) is 1.00. The first kappa shape index (κ1) is 17.6. The van der Waals surface area contributed by atoms with Crippen LogP contribution in [0.25, 0.3) is 0 Å². The first-order chi connectivity index (χ1) is 11.1. The Balaban J connectivity index is 1.61. The molecule has 2 heterocycles. The molecule has 6 nitrogen and oxygen atoms in total. The van der Waals surface area contributed by atoms with E-state index < -0.39 is 10.0 Å². The van der Waals surface area contributed by atoms with Crippen molar-refractivity contribution in [2.24, 2.45) is 5.41 Å². The van der Waals surface area contributed by atoms with Crippen LogP contribution in [0.5, 0.6) is 0 Å². The van der Waals surface area contributed by atoms with Gasteiger partial charge in [0.25, 0.3) is 0 Å². The molecule has 7 heteroatoms. The van der Waals surface area contributed by atoms with Crippen molar-refractivity contribution in [1.29, 1.82) is 0 Å². The van der Waals surface area contributed by atoms with Crippen molar-refractivity contribution in [2.75, 3.05) is 52.6 Å². The molecule has 0 atom stereocenters. The van der Waals surface area contributed by atoms with Crippen LogP contribution >= 0.6 is 0 Å². The summed E-state index contributed by atoms with van der Waals surface area (Å²) in [5, 5.41) is -0.178. The molecule has 0 amide bonds. The van der Waals surface area contributed by atoms with Crippen molar-refractivity contribution in [3.8, 4) is 0 Å². The summed E-state index contributed by atoms with van der Waals surface area (Å²) in [7, 11) is -3.17. The molecule has 0 radical (unpaired) electrons. The maximum absolute atomic E-state index is 12.5. The number of morpholine rings is 1. The summed E-state index contributed by atoms with van der Waals surface area (Å²) < 4.78 is 39.0. The SMILES string of the molecule is O=S(=O)(NCC1(CN2CCOCC2)CCOCC1)C1CCCC1. The average molecular weight is 346 g/mol. The second-order valence-corrected chi connectivity index (χ2v) is 9.32. The highest BCUT2D eigenvalue weighted by Gasteiger charge is 2.37. The topological polar surface area (TPSA) is 67.9 Å². The minimum atomic E-state index is -3.17. The Morgan fingerprint density at radius 3 is 2.26 bits per heavy atom. The van der Waals surface area contributed by atoms with Crippen LogP contribution in [0.2, 0.25) is 0 Å². The van der Waals surface area contributed by atoms with E-state index in [4.69, 9.17) is 9.47 Å². The zero-order valence-electron chi connectivity index (χ0n) is 14.0. The minimum absolute atomic E-state index is 0.00125. The van der Waals surface area contributed by atoms with E-state index in [2.05, 4.69) is 9.62 Å². The number of ether oxygens (including phenoxy) is 2. The molecule has 3 aliphatic rings. The van der Waals surface area contributed by atoms with Crippen LogP contribution < -0.4 is 4.72 Å². The van der Waals surface area contributed by atoms with Gasteiger partial charge in [-0.1, -0.05) is 12.8 Å². The van der Waals surface area contributed by atoms with Gasteiger partial charge in [0.2, 0.25) is 10.0 Å². The van der Waals surface area contributed by atoms with Crippen LogP contribution in [0.4, 0.5) is 0 Å². The van der Waals surface area contributed by atoms with E-state index in [1.165, 1.54) is 0 Å². The first-order valence-corrected chi connectivity index (χ1v) is 10.5. The van der Waals surface area contributed by atoms with Crippen LogP contribution in [-0.2, 0) is 19.5 Å². The molecule has 0 spiro atoms. The van der Waals surface area contributed by atoms with Crippen LogP contribution in [0.15, 0.2) is 0 Å². The van der Waals surface area contributed by atoms with Crippen molar-refractivity contribution < 1.29 is 17.9 Å². The number of sulfonamides is 1. The molecule has 0 aromatic rings. The van der Waals surface area contributed by atoms with Gasteiger partial charge in [0.1, 0.15) is 0 Å². The van der Waals surface area contributed by atoms with Gasteiger partial charge >= 0.3 is 0 Å². The van der Waals surface area contributed by atoms with E-state index in [0.29, 0.717) is 6.54 Å². The lowest BCUT2D eigenvalue weighted by Gasteiger charge is -2.42. The minimum Gasteiger partial charge on any atom is -0.381 e. The van der Waals surface area contributed by atoms with Gasteiger partial charge in [-0.05, 0) is 25.7 Å². The van der Waals surface area contributed by atoms with Crippen molar-refractivity contribution in [2.45, 2.75) is 43.8 Å². The number of hydrogen-bond acceptors (Lipinski definition) is 5. The number of nitrogens with zero attached hydrogens (tertiary/aromatic N) is 1. The van der Waals surface area contributed by atoms with Gasteiger partial charge < -0.3 is 9.47 Å². The van der Waals surface area contributed by atoms with Crippen LogP contribution in [0, 0.1) is 5.41 Å². The molecule has 0 unspecified atom stereocenters. The molecular weight excluding hydrogens is 316 g/mol. The predicted octanol–water partition coefficient (Wildman–Crippen LogP) is 0.977. The molecule has 23 heavy (non-hydrogen) atoms. The van der Waals surface area contributed by atoms with Crippen molar-refractivity contribution in [3.63, 3.8) is 0 Å². The molecule has 0 aromatic heterocycles. The Bertz CT molecular complexity index is 464. The Labute approximate surface area is 139 Å². The lowest BCUT2D eigenvalue weighted by molar-refractivity contribution is -0.0270. The summed E-state index contributed by atoms with van der Waals surface area (Å²) in [6, 6.07) is 0. The second kappa shape index (κ2) is 7.78. The quantitative estimate of drug-likeness (QED) is 0.776. The summed E-state index contributed by atoms with van der Waals surface area (Å²) in [4.78, 5) is 2.42. The highest BCUT2D eigenvalue weighted by atomic mass is 32.2. The third-order valence-electron chi connectivity index (χ3n) is 5.61. The van der Waals surface area contributed by atoms with E-state index in [0.717, 1.165) is 84.6 Å². The lowest BCUT2D eigenvalue weighted by atomic mass is 9.79. The summed E-state index contributed by atoms with van der Waals surface area (Å²) in [6.07, 6.45) is 5.57. The largest absolute Gasteiger partial charge is 0.381 e. The van der Waals surface area contributed by atoms with Gasteiger partial charge in [0.05, 0.1) is 18.5 Å². The van der Waals surface area contributed by atoms with Crippen molar-refractivity contribution in [1.82, 2.24) is 9.62 Å². The standard InChI is InChI=1S/C16H30N2O4S/c19-23(20,15-3-1-2-4-15)17-13-16(5-9-21-10-6-16)14-18-7-11-22-12-8-18/h15,17H,1-14H2. The van der Waals surface area contributed by atoms with E-state index >= 15 is 0 Å². The van der Waals surface area contributed by atoms with Crippen LogP contribution in [-0.4, -0.2) is 71.2 Å². The molecule has 2 aliphatic heterocycles. The Hall–Kier alpha value is -0.210. The fourth-order valence-corrected chi connectivity index (χ4v) is 5.70. The van der Waals surface area contributed by atoms with Gasteiger partial charge in [-0.25, -0.2) is 13.1 Å². The summed E-state index contributed by atoms with van der Waals surface area (Å²) >= 11 is 0. The second-order valence-electron chi connectivity index (χ2n) is 7.27. The zero-order valence-corrected chi connectivity index (χ0v) is 14.8. The van der Waals surface area contributed by atoms with Crippen LogP contribution in [0.1, 0.15) is 38.5 Å². The zero-order chi connectivity index (χ0) is 16.2. The Morgan fingerprint density at radius 1 is 1.00 bits per heavy atom.